The first kappa shape index (κ1) is 19.8. The smallest absolute Gasteiger partial charge is 0.143 e. The van der Waals surface area contributed by atoms with Gasteiger partial charge in [0.25, 0.3) is 0 Å². The minimum atomic E-state index is -0.773. The van der Waals surface area contributed by atoms with Crippen LogP contribution in [0.15, 0.2) is 30.3 Å². The highest BCUT2D eigenvalue weighted by atomic mass is 16.5. The molecule has 0 unspecified atom stereocenters. The summed E-state index contributed by atoms with van der Waals surface area (Å²) in [4.78, 5) is 12.3. The number of rotatable bonds is 10. The zero-order valence-electron chi connectivity index (χ0n) is 14.6. The molecule has 0 aliphatic heterocycles. The van der Waals surface area contributed by atoms with Gasteiger partial charge in [0, 0.05) is 17.8 Å². The molecule has 0 amide bonds. The molecule has 0 radical (unpaired) electrons. The number of hydrogen-bond acceptors (Lipinski definition) is 4. The fourth-order valence-electron chi connectivity index (χ4n) is 2.65. The van der Waals surface area contributed by atoms with Crippen molar-refractivity contribution in [2.75, 3.05) is 6.61 Å². The summed E-state index contributed by atoms with van der Waals surface area (Å²) in [5.74, 6) is -1.21. The molecular weight excluding hydrogens is 292 g/mol. The van der Waals surface area contributed by atoms with Gasteiger partial charge in [0.05, 0.1) is 25.4 Å². The maximum Gasteiger partial charge on any atom is 0.143 e. The molecule has 0 aromatic heterocycles. The summed E-state index contributed by atoms with van der Waals surface area (Å²) < 4.78 is 5.64. The lowest BCUT2D eigenvalue weighted by atomic mass is 9.83. The lowest BCUT2D eigenvalue weighted by Crippen LogP contribution is -2.38. The number of hydrogen-bond donors (Lipinski definition) is 2. The van der Waals surface area contributed by atoms with Crippen molar-refractivity contribution in [2.45, 2.75) is 52.9 Å². The average Bonchev–Trinajstić information content (AvgIpc) is 2.59. The Kier molecular flexibility index (Phi) is 8.45. The molecule has 130 valence electrons. The standard InChI is InChI=1S/C19H30O4/c1-5-17(20)14(3)19(22)15(4)18(21)13(2)11-23-12-16-9-7-6-8-10-16/h6-10,13-15,17-18,20-21H,5,11-12H2,1-4H3/t13-,14+,15+,17+,18+/m0/s1. The van der Waals surface area contributed by atoms with Crippen LogP contribution in [0.1, 0.15) is 39.7 Å². The molecule has 1 rings (SSSR count). The minimum Gasteiger partial charge on any atom is -0.392 e. The summed E-state index contributed by atoms with van der Waals surface area (Å²) >= 11 is 0. The van der Waals surface area contributed by atoms with Crippen molar-refractivity contribution in [2.24, 2.45) is 17.8 Å². The molecule has 1 aromatic rings. The zero-order valence-corrected chi connectivity index (χ0v) is 14.6. The van der Waals surface area contributed by atoms with Crippen LogP contribution in [0.5, 0.6) is 0 Å². The van der Waals surface area contributed by atoms with Gasteiger partial charge < -0.3 is 14.9 Å². The van der Waals surface area contributed by atoms with E-state index in [9.17, 15) is 15.0 Å². The van der Waals surface area contributed by atoms with Crippen LogP contribution in [0.25, 0.3) is 0 Å². The van der Waals surface area contributed by atoms with Gasteiger partial charge in [0.15, 0.2) is 0 Å². The Morgan fingerprint density at radius 2 is 1.70 bits per heavy atom. The van der Waals surface area contributed by atoms with Crippen molar-refractivity contribution in [3.05, 3.63) is 35.9 Å². The van der Waals surface area contributed by atoms with Crippen molar-refractivity contribution >= 4 is 5.78 Å². The highest BCUT2D eigenvalue weighted by molar-refractivity contribution is 5.83. The largest absolute Gasteiger partial charge is 0.392 e. The highest BCUT2D eigenvalue weighted by Crippen LogP contribution is 2.21. The molecule has 4 heteroatoms. The van der Waals surface area contributed by atoms with Crippen LogP contribution in [0, 0.1) is 17.8 Å². The van der Waals surface area contributed by atoms with Crippen LogP contribution >= 0.6 is 0 Å². The number of benzene rings is 1. The van der Waals surface area contributed by atoms with Crippen molar-refractivity contribution < 1.29 is 19.7 Å². The van der Waals surface area contributed by atoms with E-state index in [1.807, 2.05) is 44.2 Å². The third-order valence-corrected chi connectivity index (χ3v) is 4.48. The molecule has 23 heavy (non-hydrogen) atoms. The van der Waals surface area contributed by atoms with Gasteiger partial charge in [-0.05, 0) is 12.0 Å². The molecule has 0 aliphatic rings. The predicted molar refractivity (Wildman–Crippen MR) is 90.9 cm³/mol. The van der Waals surface area contributed by atoms with E-state index >= 15 is 0 Å². The van der Waals surface area contributed by atoms with Crippen LogP contribution in [0.2, 0.25) is 0 Å². The van der Waals surface area contributed by atoms with E-state index in [1.54, 1.807) is 13.8 Å². The molecule has 0 fully saturated rings. The number of Topliss-reactive ketones (excluding diaryl/α,β-unsaturated/α-hetero) is 1. The van der Waals surface area contributed by atoms with E-state index in [1.165, 1.54) is 0 Å². The third-order valence-electron chi connectivity index (χ3n) is 4.48. The first-order valence-electron chi connectivity index (χ1n) is 8.40. The minimum absolute atomic E-state index is 0.0956. The molecule has 0 aliphatic carbocycles. The number of ketones is 1. The third kappa shape index (κ3) is 6.05. The van der Waals surface area contributed by atoms with Gasteiger partial charge in [-0.15, -0.1) is 0 Å². The van der Waals surface area contributed by atoms with Crippen LogP contribution in [-0.2, 0) is 16.1 Å². The molecule has 0 spiro atoms. The molecule has 0 saturated heterocycles. The van der Waals surface area contributed by atoms with Gasteiger partial charge in [-0.1, -0.05) is 58.0 Å². The van der Waals surface area contributed by atoms with Crippen molar-refractivity contribution in [1.29, 1.82) is 0 Å². The summed E-state index contributed by atoms with van der Waals surface area (Å²) in [5, 5.41) is 20.2. The van der Waals surface area contributed by atoms with E-state index in [4.69, 9.17) is 4.74 Å². The van der Waals surface area contributed by atoms with Crippen molar-refractivity contribution in [1.82, 2.24) is 0 Å². The Bertz CT molecular complexity index is 460. The highest BCUT2D eigenvalue weighted by Gasteiger charge is 2.32. The number of carbonyl (C=O) groups excluding carboxylic acids is 1. The van der Waals surface area contributed by atoms with E-state index in [0.717, 1.165) is 5.56 Å². The monoisotopic (exact) mass is 322 g/mol. The zero-order chi connectivity index (χ0) is 17.4. The second kappa shape index (κ2) is 9.81. The van der Waals surface area contributed by atoms with E-state index in [-0.39, 0.29) is 11.7 Å². The molecule has 0 bridgehead atoms. The summed E-state index contributed by atoms with van der Waals surface area (Å²) in [5.41, 5.74) is 1.08. The summed E-state index contributed by atoms with van der Waals surface area (Å²) in [6.07, 6.45) is -0.891. The van der Waals surface area contributed by atoms with E-state index in [0.29, 0.717) is 19.6 Å². The predicted octanol–water partition coefficient (Wildman–Crippen LogP) is 2.81. The molecule has 2 N–H and O–H groups in total. The molecular formula is C19H30O4. The molecule has 5 atom stereocenters. The van der Waals surface area contributed by atoms with E-state index in [2.05, 4.69) is 0 Å². The lowest BCUT2D eigenvalue weighted by molar-refractivity contribution is -0.134. The number of aliphatic hydroxyl groups is 2. The van der Waals surface area contributed by atoms with Crippen LogP contribution < -0.4 is 0 Å². The van der Waals surface area contributed by atoms with Gasteiger partial charge >= 0.3 is 0 Å². The first-order valence-corrected chi connectivity index (χ1v) is 8.40. The van der Waals surface area contributed by atoms with Crippen molar-refractivity contribution in [3.63, 3.8) is 0 Å². The normalized spacial score (nSPS) is 18.0. The van der Waals surface area contributed by atoms with Crippen molar-refractivity contribution in [3.8, 4) is 0 Å². The first-order chi connectivity index (χ1) is 10.9. The fourth-order valence-corrected chi connectivity index (χ4v) is 2.65. The molecule has 0 saturated carbocycles. The fraction of sp³-hybridized carbons (Fsp3) is 0.632. The van der Waals surface area contributed by atoms with E-state index < -0.39 is 24.0 Å². The van der Waals surface area contributed by atoms with Crippen LogP contribution in [-0.4, -0.2) is 34.8 Å². The average molecular weight is 322 g/mol. The molecule has 1 aromatic carbocycles. The Morgan fingerprint density at radius 3 is 2.26 bits per heavy atom. The Balaban J connectivity index is 2.45. The second-order valence-electron chi connectivity index (χ2n) is 6.42. The van der Waals surface area contributed by atoms with Crippen LogP contribution in [0.3, 0.4) is 0 Å². The maximum absolute atomic E-state index is 12.3. The Labute approximate surface area is 139 Å². The number of ether oxygens (including phenoxy) is 1. The quantitative estimate of drug-likeness (QED) is 0.695. The van der Waals surface area contributed by atoms with Gasteiger partial charge in [0.2, 0.25) is 0 Å². The van der Waals surface area contributed by atoms with Crippen LogP contribution in [0.4, 0.5) is 0 Å². The molecule has 4 nitrogen and oxygen atoms in total. The number of aliphatic hydroxyl groups excluding tert-OH is 2. The van der Waals surface area contributed by atoms with Gasteiger partial charge in [-0.2, -0.15) is 0 Å². The van der Waals surface area contributed by atoms with Gasteiger partial charge in [-0.25, -0.2) is 0 Å². The topological polar surface area (TPSA) is 66.8 Å². The lowest BCUT2D eigenvalue weighted by Gasteiger charge is -2.27. The maximum atomic E-state index is 12.3. The Morgan fingerprint density at radius 1 is 1.09 bits per heavy atom. The second-order valence-corrected chi connectivity index (χ2v) is 6.42. The molecule has 0 heterocycles. The summed E-state index contributed by atoms with van der Waals surface area (Å²) in [6.45, 7) is 8.04. The van der Waals surface area contributed by atoms with Gasteiger partial charge in [0.1, 0.15) is 5.78 Å². The number of carbonyl (C=O) groups is 1. The summed E-state index contributed by atoms with van der Waals surface area (Å²) in [7, 11) is 0. The SMILES string of the molecule is CC[C@@H](O)[C@@H](C)C(=O)[C@H](C)[C@H](O)[C@@H](C)COCc1ccccc1. The van der Waals surface area contributed by atoms with Gasteiger partial charge in [-0.3, -0.25) is 4.79 Å². The summed E-state index contributed by atoms with van der Waals surface area (Å²) in [6, 6.07) is 9.84. The Hall–Kier alpha value is -1.23.